The number of aromatic nitrogens is 4. The molecule has 2 aromatic rings. The third-order valence-corrected chi connectivity index (χ3v) is 3.26. The van der Waals surface area contributed by atoms with Crippen LogP contribution in [0.5, 0.6) is 0 Å². The van der Waals surface area contributed by atoms with Crippen molar-refractivity contribution in [1.82, 2.24) is 20.2 Å². The van der Waals surface area contributed by atoms with Crippen LogP contribution in [0.1, 0.15) is 5.01 Å². The molecule has 0 bridgehead atoms. The van der Waals surface area contributed by atoms with Gasteiger partial charge in [-0.05, 0) is 6.92 Å². The number of rotatable bonds is 4. The normalized spacial score (nSPS) is 10.6. The van der Waals surface area contributed by atoms with Gasteiger partial charge in [-0.2, -0.15) is 4.98 Å². The molecular formula is C8H8N4O2S2. The number of aliphatic carboxylic acids is 1. The molecule has 16 heavy (non-hydrogen) atoms. The highest BCUT2D eigenvalue weighted by Crippen LogP contribution is 2.20. The van der Waals surface area contributed by atoms with Crippen molar-refractivity contribution in [3.8, 4) is 11.5 Å². The summed E-state index contributed by atoms with van der Waals surface area (Å²) in [6, 6.07) is 0. The Hall–Kier alpha value is -1.41. The molecule has 2 N–H and O–H groups in total. The van der Waals surface area contributed by atoms with Gasteiger partial charge in [-0.25, -0.2) is 4.98 Å². The van der Waals surface area contributed by atoms with Crippen LogP contribution in [0.4, 0.5) is 0 Å². The molecule has 0 aliphatic carbocycles. The number of carbonyl (C=O) groups is 1. The zero-order chi connectivity index (χ0) is 11.5. The molecule has 2 rings (SSSR count). The monoisotopic (exact) mass is 256 g/mol. The molecule has 0 spiro atoms. The topological polar surface area (TPSA) is 91.8 Å². The lowest BCUT2D eigenvalue weighted by molar-refractivity contribution is -0.133. The first-order chi connectivity index (χ1) is 7.65. The van der Waals surface area contributed by atoms with Gasteiger partial charge >= 0.3 is 5.97 Å². The van der Waals surface area contributed by atoms with Gasteiger partial charge in [-0.1, -0.05) is 11.8 Å². The summed E-state index contributed by atoms with van der Waals surface area (Å²) in [5.74, 6) is -0.369. The van der Waals surface area contributed by atoms with Crippen LogP contribution in [-0.4, -0.2) is 37.0 Å². The Labute approximate surface area is 99.1 Å². The average molecular weight is 256 g/mol. The Morgan fingerprint density at radius 2 is 2.44 bits per heavy atom. The van der Waals surface area contributed by atoms with E-state index in [1.54, 1.807) is 0 Å². The van der Waals surface area contributed by atoms with Crippen molar-refractivity contribution < 1.29 is 9.90 Å². The standard InChI is InChI=1S/C8H8N4O2S2/c1-4-9-5(2-15-4)7-10-8(12-11-7)16-3-6(13)14/h2H,3H2,1H3,(H,13,14)(H,10,11,12). The zero-order valence-electron chi connectivity index (χ0n) is 8.30. The average Bonchev–Trinajstić information content (AvgIpc) is 2.83. The summed E-state index contributed by atoms with van der Waals surface area (Å²) in [5.41, 5.74) is 0.733. The Bertz CT molecular complexity index is 508. The van der Waals surface area contributed by atoms with Crippen LogP contribution < -0.4 is 0 Å². The van der Waals surface area contributed by atoms with E-state index >= 15 is 0 Å². The van der Waals surface area contributed by atoms with Crippen molar-refractivity contribution in [2.24, 2.45) is 0 Å². The maximum atomic E-state index is 10.4. The molecule has 0 radical (unpaired) electrons. The molecule has 0 atom stereocenters. The zero-order valence-corrected chi connectivity index (χ0v) is 9.93. The van der Waals surface area contributed by atoms with Crippen molar-refractivity contribution in [3.05, 3.63) is 10.4 Å². The first-order valence-electron chi connectivity index (χ1n) is 4.34. The molecule has 2 aromatic heterocycles. The molecule has 0 amide bonds. The van der Waals surface area contributed by atoms with Crippen LogP contribution in [0.15, 0.2) is 10.5 Å². The van der Waals surface area contributed by atoms with Gasteiger partial charge in [0.15, 0.2) is 5.82 Å². The van der Waals surface area contributed by atoms with Crippen LogP contribution in [0.3, 0.4) is 0 Å². The predicted molar refractivity (Wildman–Crippen MR) is 60.6 cm³/mol. The summed E-state index contributed by atoms with van der Waals surface area (Å²) in [6.45, 7) is 1.91. The lowest BCUT2D eigenvalue weighted by Crippen LogP contribution is -1.97. The summed E-state index contributed by atoms with van der Waals surface area (Å²) in [7, 11) is 0. The number of hydrogen-bond donors (Lipinski definition) is 2. The maximum Gasteiger partial charge on any atom is 0.313 e. The van der Waals surface area contributed by atoms with E-state index in [1.807, 2.05) is 12.3 Å². The van der Waals surface area contributed by atoms with Crippen molar-refractivity contribution in [2.75, 3.05) is 5.75 Å². The van der Waals surface area contributed by atoms with Crippen molar-refractivity contribution in [1.29, 1.82) is 0 Å². The number of thiazole rings is 1. The summed E-state index contributed by atoms with van der Waals surface area (Å²) in [5, 5.41) is 18.4. The number of hydrogen-bond acceptors (Lipinski definition) is 6. The molecule has 8 heteroatoms. The minimum absolute atomic E-state index is 0.0482. The van der Waals surface area contributed by atoms with E-state index in [1.165, 1.54) is 11.3 Å². The Morgan fingerprint density at radius 3 is 3.06 bits per heavy atom. The van der Waals surface area contributed by atoms with Crippen molar-refractivity contribution in [2.45, 2.75) is 12.1 Å². The van der Waals surface area contributed by atoms with E-state index in [0.717, 1.165) is 22.5 Å². The Morgan fingerprint density at radius 1 is 1.62 bits per heavy atom. The van der Waals surface area contributed by atoms with Crippen LogP contribution in [-0.2, 0) is 4.79 Å². The molecular weight excluding hydrogens is 248 g/mol. The summed E-state index contributed by atoms with van der Waals surface area (Å²) in [4.78, 5) is 18.7. The van der Waals surface area contributed by atoms with E-state index in [2.05, 4.69) is 20.2 Å². The number of carboxylic acid groups (broad SMARTS) is 1. The number of aryl methyl sites for hydroxylation is 1. The Kier molecular flexibility index (Phi) is 3.20. The fourth-order valence-corrected chi connectivity index (χ4v) is 2.14. The molecule has 2 heterocycles. The number of nitrogens with zero attached hydrogens (tertiary/aromatic N) is 3. The van der Waals surface area contributed by atoms with Crippen molar-refractivity contribution >= 4 is 29.1 Å². The second-order valence-corrected chi connectivity index (χ2v) is 4.91. The van der Waals surface area contributed by atoms with E-state index in [0.29, 0.717) is 11.0 Å². The predicted octanol–water partition coefficient (Wildman–Crippen LogP) is 1.41. The maximum absolute atomic E-state index is 10.4. The first kappa shape index (κ1) is 11.1. The van der Waals surface area contributed by atoms with Gasteiger partial charge in [0.05, 0.1) is 10.8 Å². The summed E-state index contributed by atoms with van der Waals surface area (Å²) >= 11 is 2.60. The molecule has 0 unspecified atom stereocenters. The number of carboxylic acids is 1. The lowest BCUT2D eigenvalue weighted by atomic mass is 10.5. The summed E-state index contributed by atoms with van der Waals surface area (Å²) in [6.07, 6.45) is 0. The van der Waals surface area contributed by atoms with Crippen LogP contribution in [0.25, 0.3) is 11.5 Å². The SMILES string of the molecule is Cc1nc(-c2nc(SCC(=O)O)n[nH]2)cs1. The second kappa shape index (κ2) is 4.62. The molecule has 0 aliphatic rings. The van der Waals surface area contributed by atoms with Gasteiger partial charge in [-0.15, -0.1) is 16.4 Å². The molecule has 0 saturated carbocycles. The highest BCUT2D eigenvalue weighted by Gasteiger charge is 2.09. The van der Waals surface area contributed by atoms with E-state index in [-0.39, 0.29) is 5.75 Å². The van der Waals surface area contributed by atoms with Gasteiger partial charge in [0.25, 0.3) is 0 Å². The lowest BCUT2D eigenvalue weighted by Gasteiger charge is -1.88. The molecule has 0 fully saturated rings. The smallest absolute Gasteiger partial charge is 0.313 e. The minimum atomic E-state index is -0.888. The highest BCUT2D eigenvalue weighted by atomic mass is 32.2. The van der Waals surface area contributed by atoms with Gasteiger partial charge < -0.3 is 5.11 Å². The third kappa shape index (κ3) is 2.58. The fraction of sp³-hybridized carbons (Fsp3) is 0.250. The fourth-order valence-electron chi connectivity index (χ4n) is 1.02. The van der Waals surface area contributed by atoms with Gasteiger partial charge in [0, 0.05) is 5.38 Å². The molecule has 6 nitrogen and oxygen atoms in total. The second-order valence-electron chi connectivity index (χ2n) is 2.90. The number of thioether (sulfide) groups is 1. The Balaban J connectivity index is 2.10. The summed E-state index contributed by atoms with van der Waals surface area (Å²) < 4.78 is 0. The molecule has 0 aromatic carbocycles. The van der Waals surface area contributed by atoms with E-state index in [9.17, 15) is 4.79 Å². The number of aromatic amines is 1. The van der Waals surface area contributed by atoms with E-state index in [4.69, 9.17) is 5.11 Å². The van der Waals surface area contributed by atoms with Crippen LogP contribution in [0.2, 0.25) is 0 Å². The van der Waals surface area contributed by atoms with Gasteiger partial charge in [0.2, 0.25) is 5.16 Å². The number of nitrogens with one attached hydrogen (secondary N) is 1. The highest BCUT2D eigenvalue weighted by molar-refractivity contribution is 7.99. The number of H-pyrrole nitrogens is 1. The van der Waals surface area contributed by atoms with Crippen LogP contribution in [0, 0.1) is 6.92 Å². The largest absolute Gasteiger partial charge is 0.481 e. The van der Waals surface area contributed by atoms with Crippen LogP contribution >= 0.6 is 23.1 Å². The minimum Gasteiger partial charge on any atom is -0.481 e. The van der Waals surface area contributed by atoms with Gasteiger partial charge in [-0.3, -0.25) is 9.89 Å². The molecule has 0 aliphatic heterocycles. The third-order valence-electron chi connectivity index (χ3n) is 1.65. The molecule has 0 saturated heterocycles. The quantitative estimate of drug-likeness (QED) is 0.804. The van der Waals surface area contributed by atoms with Crippen molar-refractivity contribution in [3.63, 3.8) is 0 Å². The first-order valence-corrected chi connectivity index (χ1v) is 6.21. The van der Waals surface area contributed by atoms with Gasteiger partial charge in [0.1, 0.15) is 5.69 Å². The van der Waals surface area contributed by atoms with E-state index < -0.39 is 5.97 Å². The molecule has 84 valence electrons.